The molecule has 2 N–H and O–H groups in total. The molecule has 2 aromatic rings. The zero-order valence-corrected chi connectivity index (χ0v) is 15.7. The Hall–Kier alpha value is -3.06. The number of hydrogen-bond acceptors (Lipinski definition) is 5. The van der Waals surface area contributed by atoms with Gasteiger partial charge in [-0.25, -0.2) is 5.43 Å². The summed E-state index contributed by atoms with van der Waals surface area (Å²) in [6.07, 6.45) is 1.90. The highest BCUT2D eigenvalue weighted by molar-refractivity contribution is 6.35. The number of nitrogens with zero attached hydrogens (tertiary/aromatic N) is 1. The predicted octanol–water partition coefficient (Wildman–Crippen LogP) is 2.17. The Morgan fingerprint density at radius 2 is 1.81 bits per heavy atom. The number of ether oxygens (including phenoxy) is 2. The maximum absolute atomic E-state index is 11.8. The molecule has 0 spiro atoms. The molecule has 0 bridgehead atoms. The molecule has 2 rings (SSSR count). The zero-order chi connectivity index (χ0) is 19.6. The number of hydrazone groups is 1. The van der Waals surface area contributed by atoms with Gasteiger partial charge in [-0.1, -0.05) is 35.9 Å². The average Bonchev–Trinajstić information content (AvgIpc) is 2.69. The van der Waals surface area contributed by atoms with E-state index in [4.69, 9.17) is 21.1 Å². The van der Waals surface area contributed by atoms with Crippen LogP contribution in [-0.4, -0.2) is 38.8 Å². The van der Waals surface area contributed by atoms with Crippen LogP contribution in [-0.2, 0) is 16.0 Å². The maximum atomic E-state index is 11.8. The molecule has 0 radical (unpaired) electrons. The van der Waals surface area contributed by atoms with E-state index in [1.165, 1.54) is 6.21 Å². The van der Waals surface area contributed by atoms with Crippen molar-refractivity contribution in [3.8, 4) is 11.5 Å². The monoisotopic (exact) mass is 389 g/mol. The van der Waals surface area contributed by atoms with Gasteiger partial charge in [-0.2, -0.15) is 5.10 Å². The molecule has 8 heteroatoms. The van der Waals surface area contributed by atoms with E-state index in [0.29, 0.717) is 28.5 Å². The Morgan fingerprint density at radius 1 is 1.07 bits per heavy atom. The van der Waals surface area contributed by atoms with Gasteiger partial charge in [0.2, 0.25) is 0 Å². The minimum absolute atomic E-state index is 0.288. The second kappa shape index (κ2) is 10.2. The standard InChI is InChI=1S/C19H20ClN3O4/c1-26-16-8-7-13(11-17(16)27-2)9-10-21-18(24)19(25)23-22-12-14-5-3-4-6-15(14)20/h3-8,11-12H,9-10H2,1-2H3,(H,21,24)(H,23,25)/b22-12+. The van der Waals surface area contributed by atoms with E-state index < -0.39 is 11.8 Å². The molecule has 27 heavy (non-hydrogen) atoms. The largest absolute Gasteiger partial charge is 0.493 e. The van der Waals surface area contributed by atoms with Crippen LogP contribution in [0.3, 0.4) is 0 Å². The van der Waals surface area contributed by atoms with E-state index in [-0.39, 0.29) is 6.54 Å². The Morgan fingerprint density at radius 3 is 2.52 bits per heavy atom. The van der Waals surface area contributed by atoms with Gasteiger partial charge < -0.3 is 14.8 Å². The normalized spacial score (nSPS) is 10.5. The number of nitrogens with one attached hydrogen (secondary N) is 2. The second-order valence-electron chi connectivity index (χ2n) is 5.42. The SMILES string of the molecule is COc1ccc(CCNC(=O)C(=O)N/N=C/c2ccccc2Cl)cc1OC. The summed E-state index contributed by atoms with van der Waals surface area (Å²) in [7, 11) is 3.11. The highest BCUT2D eigenvalue weighted by Crippen LogP contribution is 2.27. The summed E-state index contributed by atoms with van der Waals surface area (Å²) in [5, 5.41) is 6.76. The van der Waals surface area contributed by atoms with Crippen LogP contribution in [0.1, 0.15) is 11.1 Å². The van der Waals surface area contributed by atoms with E-state index in [2.05, 4.69) is 15.8 Å². The summed E-state index contributed by atoms with van der Waals surface area (Å²) in [6.45, 7) is 0.288. The molecule has 0 aliphatic carbocycles. The number of halogens is 1. The van der Waals surface area contributed by atoms with E-state index in [0.717, 1.165) is 5.56 Å². The molecule has 0 aliphatic heterocycles. The molecule has 2 aromatic carbocycles. The lowest BCUT2D eigenvalue weighted by molar-refractivity contribution is -0.139. The van der Waals surface area contributed by atoms with Crippen molar-refractivity contribution >= 4 is 29.6 Å². The first kappa shape index (κ1) is 20.3. The minimum atomic E-state index is -0.856. The summed E-state index contributed by atoms with van der Waals surface area (Å²) in [5.41, 5.74) is 3.73. The Balaban J connectivity index is 1.80. The van der Waals surface area contributed by atoms with Gasteiger partial charge in [0.25, 0.3) is 0 Å². The summed E-state index contributed by atoms with van der Waals surface area (Å²) < 4.78 is 10.4. The molecule has 2 amide bonds. The van der Waals surface area contributed by atoms with Crippen molar-refractivity contribution in [2.45, 2.75) is 6.42 Å². The second-order valence-corrected chi connectivity index (χ2v) is 5.82. The number of carbonyl (C=O) groups is 2. The lowest BCUT2D eigenvalue weighted by Gasteiger charge is -2.10. The molecule has 7 nitrogen and oxygen atoms in total. The summed E-state index contributed by atoms with van der Waals surface area (Å²) in [5.74, 6) is -0.397. The predicted molar refractivity (Wildman–Crippen MR) is 103 cm³/mol. The summed E-state index contributed by atoms with van der Waals surface area (Å²) in [6, 6.07) is 12.5. The molecule has 0 saturated heterocycles. The lowest BCUT2D eigenvalue weighted by Crippen LogP contribution is -2.38. The molecule has 0 aliphatic rings. The van der Waals surface area contributed by atoms with Crippen molar-refractivity contribution in [2.75, 3.05) is 20.8 Å². The van der Waals surface area contributed by atoms with Gasteiger partial charge in [-0.3, -0.25) is 9.59 Å². The van der Waals surface area contributed by atoms with Gasteiger partial charge in [0.15, 0.2) is 11.5 Å². The fraction of sp³-hybridized carbons (Fsp3) is 0.211. The first-order valence-electron chi connectivity index (χ1n) is 8.11. The number of amides is 2. The molecule has 0 saturated carbocycles. The number of carbonyl (C=O) groups excluding carboxylic acids is 2. The summed E-state index contributed by atoms with van der Waals surface area (Å²) in [4.78, 5) is 23.5. The van der Waals surface area contributed by atoms with Crippen LogP contribution in [0.25, 0.3) is 0 Å². The van der Waals surface area contributed by atoms with Crippen molar-refractivity contribution in [2.24, 2.45) is 5.10 Å². The fourth-order valence-corrected chi connectivity index (χ4v) is 2.41. The molecular formula is C19H20ClN3O4. The van der Waals surface area contributed by atoms with Gasteiger partial charge in [0.1, 0.15) is 0 Å². The van der Waals surface area contributed by atoms with Crippen LogP contribution in [0, 0.1) is 0 Å². The van der Waals surface area contributed by atoms with Crippen molar-refractivity contribution in [1.82, 2.24) is 10.7 Å². The van der Waals surface area contributed by atoms with Gasteiger partial charge in [-0.15, -0.1) is 0 Å². The molecule has 142 valence electrons. The van der Waals surface area contributed by atoms with Crippen LogP contribution >= 0.6 is 11.6 Å². The van der Waals surface area contributed by atoms with Crippen LogP contribution in [0.15, 0.2) is 47.6 Å². The average molecular weight is 390 g/mol. The quantitative estimate of drug-likeness (QED) is 0.431. The van der Waals surface area contributed by atoms with E-state index in [1.54, 1.807) is 44.6 Å². The van der Waals surface area contributed by atoms with Crippen molar-refractivity contribution in [1.29, 1.82) is 0 Å². The van der Waals surface area contributed by atoms with Crippen LogP contribution in [0.4, 0.5) is 0 Å². The molecule has 0 heterocycles. The maximum Gasteiger partial charge on any atom is 0.329 e. The minimum Gasteiger partial charge on any atom is -0.493 e. The van der Waals surface area contributed by atoms with Crippen molar-refractivity contribution in [3.05, 3.63) is 58.6 Å². The lowest BCUT2D eigenvalue weighted by atomic mass is 10.1. The highest BCUT2D eigenvalue weighted by Gasteiger charge is 2.12. The third-order valence-electron chi connectivity index (χ3n) is 3.63. The Labute approximate surface area is 162 Å². The van der Waals surface area contributed by atoms with Gasteiger partial charge >= 0.3 is 11.8 Å². The molecule has 0 unspecified atom stereocenters. The van der Waals surface area contributed by atoms with Crippen molar-refractivity contribution < 1.29 is 19.1 Å². The number of hydrogen-bond donors (Lipinski definition) is 2. The highest BCUT2D eigenvalue weighted by atomic mass is 35.5. The number of methoxy groups -OCH3 is 2. The third kappa shape index (κ3) is 6.00. The van der Waals surface area contributed by atoms with E-state index in [9.17, 15) is 9.59 Å². The van der Waals surface area contributed by atoms with Gasteiger partial charge in [0.05, 0.1) is 20.4 Å². The number of rotatable bonds is 7. The van der Waals surface area contributed by atoms with Crippen LogP contribution in [0.2, 0.25) is 5.02 Å². The first-order chi connectivity index (χ1) is 13.0. The van der Waals surface area contributed by atoms with E-state index in [1.807, 2.05) is 12.1 Å². The molecule has 0 fully saturated rings. The first-order valence-corrected chi connectivity index (χ1v) is 8.49. The summed E-state index contributed by atoms with van der Waals surface area (Å²) >= 11 is 5.97. The van der Waals surface area contributed by atoms with Crippen LogP contribution < -0.4 is 20.2 Å². The topological polar surface area (TPSA) is 89.0 Å². The molecule has 0 atom stereocenters. The Bertz CT molecular complexity index is 839. The Kier molecular flexibility index (Phi) is 7.63. The molecule has 0 aromatic heterocycles. The zero-order valence-electron chi connectivity index (χ0n) is 15.0. The van der Waals surface area contributed by atoms with Gasteiger partial charge in [0, 0.05) is 17.1 Å². The fourth-order valence-electron chi connectivity index (χ4n) is 2.23. The third-order valence-corrected chi connectivity index (χ3v) is 3.97. The molecular weight excluding hydrogens is 370 g/mol. The van der Waals surface area contributed by atoms with Crippen LogP contribution in [0.5, 0.6) is 11.5 Å². The number of benzene rings is 2. The van der Waals surface area contributed by atoms with Crippen molar-refractivity contribution in [3.63, 3.8) is 0 Å². The smallest absolute Gasteiger partial charge is 0.329 e. The van der Waals surface area contributed by atoms with E-state index >= 15 is 0 Å². The van der Waals surface area contributed by atoms with Gasteiger partial charge in [-0.05, 0) is 30.2 Å².